The molecule has 3 aliphatic carbocycles. The van der Waals surface area contributed by atoms with Gasteiger partial charge in [0.2, 0.25) is 5.91 Å². The van der Waals surface area contributed by atoms with Crippen molar-refractivity contribution in [1.29, 1.82) is 0 Å². The van der Waals surface area contributed by atoms with Crippen LogP contribution in [-0.2, 0) is 4.79 Å². The molecule has 2 unspecified atom stereocenters. The Labute approximate surface area is 194 Å². The standard InChI is InChI=1S/C30H41NO/c1-6-22(18-21-10-8-7-9-11-21)28-20(3)16-24-27-19(2)17-25-29(4,15-13-26(32)31-25)23(27)12-14-30(24,28)5/h7-11,13,15,18-20,23-25,27-28H,6,12,14,16-17H2,1-5H3,(H,31,32)/b22-18+/t19?,20?,23-,24-,25+,27+,28+,29+,30-/m0/s1. The molecule has 1 aliphatic heterocycles. The molecule has 2 nitrogen and oxygen atoms in total. The van der Waals surface area contributed by atoms with Gasteiger partial charge in [-0.05, 0) is 84.7 Å². The lowest BCUT2D eigenvalue weighted by Crippen LogP contribution is -2.61. The summed E-state index contributed by atoms with van der Waals surface area (Å²) in [6.45, 7) is 12.4. The molecule has 2 heteroatoms. The van der Waals surface area contributed by atoms with Gasteiger partial charge in [0.1, 0.15) is 0 Å². The summed E-state index contributed by atoms with van der Waals surface area (Å²) in [7, 11) is 0. The Bertz CT molecular complexity index is 931. The van der Waals surface area contributed by atoms with E-state index in [1.807, 2.05) is 6.08 Å². The molecular weight excluding hydrogens is 390 g/mol. The first-order valence-corrected chi connectivity index (χ1v) is 13.0. The molecule has 0 bridgehead atoms. The molecule has 5 rings (SSSR count). The van der Waals surface area contributed by atoms with Crippen molar-refractivity contribution in [3.05, 3.63) is 53.6 Å². The van der Waals surface area contributed by atoms with Crippen LogP contribution < -0.4 is 5.32 Å². The Hall–Kier alpha value is -1.83. The fourth-order valence-corrected chi connectivity index (χ4v) is 9.02. The fourth-order valence-electron chi connectivity index (χ4n) is 9.02. The number of rotatable bonds is 3. The zero-order chi connectivity index (χ0) is 22.7. The van der Waals surface area contributed by atoms with E-state index < -0.39 is 0 Å². The minimum atomic E-state index is 0.104. The fraction of sp³-hybridized carbons (Fsp3) is 0.633. The van der Waals surface area contributed by atoms with E-state index in [1.54, 1.807) is 5.57 Å². The van der Waals surface area contributed by atoms with Crippen LogP contribution >= 0.6 is 0 Å². The molecule has 3 saturated carbocycles. The highest BCUT2D eigenvalue weighted by atomic mass is 16.1. The van der Waals surface area contributed by atoms with Crippen molar-refractivity contribution in [2.24, 2.45) is 46.3 Å². The maximum atomic E-state index is 12.1. The second kappa shape index (κ2) is 7.89. The van der Waals surface area contributed by atoms with Crippen molar-refractivity contribution in [3.63, 3.8) is 0 Å². The van der Waals surface area contributed by atoms with E-state index in [1.165, 1.54) is 24.8 Å². The van der Waals surface area contributed by atoms with Gasteiger partial charge in [0.15, 0.2) is 0 Å². The van der Waals surface area contributed by atoms with E-state index in [-0.39, 0.29) is 11.3 Å². The Morgan fingerprint density at radius 2 is 1.84 bits per heavy atom. The number of hydrogen-bond acceptors (Lipinski definition) is 1. The second-order valence-electron chi connectivity index (χ2n) is 12.0. The van der Waals surface area contributed by atoms with Gasteiger partial charge in [0, 0.05) is 11.5 Å². The van der Waals surface area contributed by atoms with Gasteiger partial charge < -0.3 is 5.32 Å². The number of carbonyl (C=O) groups is 1. The summed E-state index contributed by atoms with van der Waals surface area (Å²) < 4.78 is 0. The van der Waals surface area contributed by atoms with Crippen LogP contribution in [0, 0.1) is 46.3 Å². The van der Waals surface area contributed by atoms with Crippen LogP contribution in [0.15, 0.2) is 48.1 Å². The van der Waals surface area contributed by atoms with Crippen LogP contribution in [0.5, 0.6) is 0 Å². The zero-order valence-electron chi connectivity index (χ0n) is 20.6. The zero-order valence-corrected chi connectivity index (χ0v) is 20.6. The van der Waals surface area contributed by atoms with E-state index in [4.69, 9.17) is 0 Å². The molecule has 0 aromatic heterocycles. The quantitative estimate of drug-likeness (QED) is 0.555. The van der Waals surface area contributed by atoms with Gasteiger partial charge in [0.05, 0.1) is 0 Å². The van der Waals surface area contributed by atoms with E-state index in [0.717, 1.165) is 30.6 Å². The van der Waals surface area contributed by atoms with Gasteiger partial charge >= 0.3 is 0 Å². The summed E-state index contributed by atoms with van der Waals surface area (Å²) in [6, 6.07) is 11.2. The van der Waals surface area contributed by atoms with E-state index in [9.17, 15) is 4.79 Å². The monoisotopic (exact) mass is 431 g/mol. The molecule has 1 amide bonds. The average molecular weight is 432 g/mol. The molecular formula is C30H41NO. The topological polar surface area (TPSA) is 29.1 Å². The maximum Gasteiger partial charge on any atom is 0.243 e. The predicted molar refractivity (Wildman–Crippen MR) is 133 cm³/mol. The molecule has 32 heavy (non-hydrogen) atoms. The Kier molecular flexibility index (Phi) is 5.42. The summed E-state index contributed by atoms with van der Waals surface area (Å²) in [4.78, 5) is 12.1. The first-order chi connectivity index (χ1) is 15.3. The average Bonchev–Trinajstić information content (AvgIpc) is 3.04. The molecule has 0 saturated heterocycles. The van der Waals surface area contributed by atoms with Crippen LogP contribution in [0.2, 0.25) is 0 Å². The van der Waals surface area contributed by atoms with Crippen molar-refractivity contribution in [2.75, 3.05) is 0 Å². The predicted octanol–water partition coefficient (Wildman–Crippen LogP) is 6.89. The highest BCUT2D eigenvalue weighted by Gasteiger charge is 2.63. The van der Waals surface area contributed by atoms with Gasteiger partial charge in [0.25, 0.3) is 0 Å². The normalized spacial score (nSPS) is 45.6. The molecule has 1 heterocycles. The maximum absolute atomic E-state index is 12.1. The van der Waals surface area contributed by atoms with Crippen molar-refractivity contribution in [1.82, 2.24) is 5.32 Å². The number of allylic oxidation sites excluding steroid dienone is 1. The summed E-state index contributed by atoms with van der Waals surface area (Å²) >= 11 is 0. The molecule has 1 N–H and O–H groups in total. The number of hydrogen-bond donors (Lipinski definition) is 1. The lowest BCUT2D eigenvalue weighted by molar-refractivity contribution is -0.125. The summed E-state index contributed by atoms with van der Waals surface area (Å²) in [5.41, 5.74) is 3.50. The van der Waals surface area contributed by atoms with Crippen molar-refractivity contribution in [3.8, 4) is 0 Å². The number of benzene rings is 1. The number of amides is 1. The van der Waals surface area contributed by atoms with E-state index in [2.05, 4.69) is 82.4 Å². The summed E-state index contributed by atoms with van der Waals surface area (Å²) in [5.74, 6) is 4.41. The lowest BCUT2D eigenvalue weighted by atomic mass is 9.45. The van der Waals surface area contributed by atoms with Gasteiger partial charge in [-0.15, -0.1) is 0 Å². The highest BCUT2D eigenvalue weighted by molar-refractivity contribution is 5.89. The molecule has 0 radical (unpaired) electrons. The Morgan fingerprint density at radius 3 is 2.56 bits per heavy atom. The largest absolute Gasteiger partial charge is 0.349 e. The van der Waals surface area contributed by atoms with Crippen LogP contribution in [0.3, 0.4) is 0 Å². The van der Waals surface area contributed by atoms with Gasteiger partial charge in [-0.1, -0.05) is 82.7 Å². The number of nitrogens with one attached hydrogen (secondary N) is 1. The minimum absolute atomic E-state index is 0.104. The lowest BCUT2D eigenvalue weighted by Gasteiger charge is -2.61. The van der Waals surface area contributed by atoms with Gasteiger partial charge in [-0.2, -0.15) is 0 Å². The molecule has 9 atom stereocenters. The molecule has 1 aromatic rings. The van der Waals surface area contributed by atoms with Crippen molar-refractivity contribution in [2.45, 2.75) is 72.8 Å². The summed E-state index contributed by atoms with van der Waals surface area (Å²) in [6.07, 6.45) is 12.8. The Morgan fingerprint density at radius 1 is 1.09 bits per heavy atom. The number of fused-ring (bicyclic) bond motifs is 5. The minimum Gasteiger partial charge on any atom is -0.349 e. The molecule has 4 aliphatic rings. The van der Waals surface area contributed by atoms with Crippen molar-refractivity contribution >= 4 is 12.0 Å². The number of carbonyl (C=O) groups excluding carboxylic acids is 1. The van der Waals surface area contributed by atoms with E-state index in [0.29, 0.717) is 29.2 Å². The van der Waals surface area contributed by atoms with Crippen LogP contribution in [-0.4, -0.2) is 11.9 Å². The third-order valence-electron chi connectivity index (χ3n) is 10.4. The third kappa shape index (κ3) is 3.24. The summed E-state index contributed by atoms with van der Waals surface area (Å²) in [5, 5.41) is 3.33. The van der Waals surface area contributed by atoms with Gasteiger partial charge in [-0.25, -0.2) is 0 Å². The SMILES string of the molecule is CC/C(=C\c1ccccc1)[C@H]1C(C)C[C@H]2[C@@H]3C(C)C[C@H]4NC(=O)C=C[C@]4(C)[C@H]3CC[C@]12C. The Balaban J connectivity index is 1.50. The molecule has 0 spiro atoms. The molecule has 172 valence electrons. The smallest absolute Gasteiger partial charge is 0.243 e. The molecule has 3 fully saturated rings. The second-order valence-corrected chi connectivity index (χ2v) is 12.0. The third-order valence-corrected chi connectivity index (χ3v) is 10.4. The van der Waals surface area contributed by atoms with Gasteiger partial charge in [-0.3, -0.25) is 4.79 Å². The van der Waals surface area contributed by atoms with Crippen LogP contribution in [0.25, 0.3) is 6.08 Å². The van der Waals surface area contributed by atoms with Crippen LogP contribution in [0.1, 0.15) is 72.3 Å². The first-order valence-electron chi connectivity index (χ1n) is 13.0. The van der Waals surface area contributed by atoms with Crippen molar-refractivity contribution < 1.29 is 4.79 Å². The highest BCUT2D eigenvalue weighted by Crippen LogP contribution is 2.68. The van der Waals surface area contributed by atoms with E-state index >= 15 is 0 Å². The molecule has 1 aromatic carbocycles. The van der Waals surface area contributed by atoms with Crippen LogP contribution in [0.4, 0.5) is 0 Å². The first kappa shape index (κ1) is 22.0.